The van der Waals surface area contributed by atoms with Crippen LogP contribution >= 0.6 is 11.6 Å². The van der Waals surface area contributed by atoms with Crippen molar-refractivity contribution in [1.82, 2.24) is 9.80 Å². The van der Waals surface area contributed by atoms with Crippen LogP contribution in [0.3, 0.4) is 0 Å². The van der Waals surface area contributed by atoms with Gasteiger partial charge in [-0.15, -0.1) is 0 Å². The number of phenolic OH excluding ortho intramolecular Hbond substituents is 1. The fraction of sp³-hybridized carbons (Fsp3) is 0.519. The molecule has 3 N–H and O–H groups in total. The van der Waals surface area contributed by atoms with E-state index in [2.05, 4.69) is 4.90 Å². The largest absolute Gasteiger partial charge is 0.504 e. The van der Waals surface area contributed by atoms with Gasteiger partial charge < -0.3 is 34.6 Å². The molecule has 36 heavy (non-hydrogen) atoms. The zero-order chi connectivity index (χ0) is 25.3. The highest BCUT2D eigenvalue weighted by atomic mass is 35.5. The Morgan fingerprint density at radius 1 is 1.22 bits per heavy atom. The summed E-state index contributed by atoms with van der Waals surface area (Å²) < 4.78 is 12.1. The fourth-order valence-electron chi connectivity index (χ4n) is 5.51. The second-order valence-corrected chi connectivity index (χ2v) is 10.6. The van der Waals surface area contributed by atoms with Gasteiger partial charge in [0.1, 0.15) is 24.1 Å². The lowest BCUT2D eigenvalue weighted by Crippen LogP contribution is -2.49. The van der Waals surface area contributed by atoms with Gasteiger partial charge in [-0.25, -0.2) is 0 Å². The Kier molecular flexibility index (Phi) is 7.30. The first-order chi connectivity index (χ1) is 17.3. The molecule has 0 aliphatic carbocycles. The number of likely N-dealkylation sites (tertiary alicyclic amines) is 2. The molecule has 3 aliphatic heterocycles. The Balaban J connectivity index is 1.14. The van der Waals surface area contributed by atoms with Gasteiger partial charge in [0.15, 0.2) is 11.5 Å². The molecule has 1 amide bonds. The smallest absolute Gasteiger partial charge is 0.257 e. The zero-order valence-electron chi connectivity index (χ0n) is 20.2. The molecule has 5 rings (SSSR count). The molecular formula is C27H33ClN2O6. The average molecular weight is 517 g/mol. The summed E-state index contributed by atoms with van der Waals surface area (Å²) in [6, 6.07) is 10.4. The van der Waals surface area contributed by atoms with E-state index in [1.165, 1.54) is 6.07 Å². The van der Waals surface area contributed by atoms with Crippen molar-refractivity contribution in [3.05, 3.63) is 52.5 Å². The van der Waals surface area contributed by atoms with Crippen molar-refractivity contribution in [2.75, 3.05) is 39.3 Å². The highest BCUT2D eigenvalue weighted by molar-refractivity contribution is 6.30. The van der Waals surface area contributed by atoms with Gasteiger partial charge in [-0.2, -0.15) is 0 Å². The van der Waals surface area contributed by atoms with Crippen LogP contribution in [0.4, 0.5) is 0 Å². The summed E-state index contributed by atoms with van der Waals surface area (Å²) in [5.41, 5.74) is 1.17. The van der Waals surface area contributed by atoms with Crippen molar-refractivity contribution in [1.29, 1.82) is 0 Å². The number of benzene rings is 2. The molecule has 2 saturated heterocycles. The van der Waals surface area contributed by atoms with Crippen molar-refractivity contribution < 1.29 is 29.6 Å². The SMILES string of the molecule is O=C(c1cccc(O)c1OC[C@@H](O)CN1CCC2(CC1)Cc1cc(Cl)ccc1O2)N1CCCC(O)C1. The number of rotatable bonds is 6. The third-order valence-electron chi connectivity index (χ3n) is 7.43. The lowest BCUT2D eigenvalue weighted by Gasteiger charge is -2.39. The number of hydrogen-bond acceptors (Lipinski definition) is 7. The molecule has 2 aromatic rings. The van der Waals surface area contributed by atoms with Gasteiger partial charge in [0.2, 0.25) is 0 Å². The number of aliphatic hydroxyl groups is 2. The molecule has 8 nitrogen and oxygen atoms in total. The Morgan fingerprint density at radius 3 is 2.81 bits per heavy atom. The molecule has 194 valence electrons. The van der Waals surface area contributed by atoms with Crippen LogP contribution in [0.2, 0.25) is 5.02 Å². The van der Waals surface area contributed by atoms with E-state index in [1.807, 2.05) is 18.2 Å². The van der Waals surface area contributed by atoms with E-state index in [4.69, 9.17) is 21.1 Å². The van der Waals surface area contributed by atoms with Crippen LogP contribution in [0.25, 0.3) is 0 Å². The number of nitrogens with zero attached hydrogens (tertiary/aromatic N) is 2. The number of carbonyl (C=O) groups is 1. The lowest BCUT2D eigenvalue weighted by atomic mass is 9.87. The van der Waals surface area contributed by atoms with Gasteiger partial charge in [0.25, 0.3) is 5.91 Å². The highest BCUT2D eigenvalue weighted by Gasteiger charge is 2.42. The molecular weight excluding hydrogens is 484 g/mol. The number of carbonyl (C=O) groups excluding carboxylic acids is 1. The van der Waals surface area contributed by atoms with E-state index in [-0.39, 0.29) is 41.7 Å². The van der Waals surface area contributed by atoms with Crippen LogP contribution < -0.4 is 9.47 Å². The Labute approximate surface area is 216 Å². The molecule has 3 aliphatic rings. The third-order valence-corrected chi connectivity index (χ3v) is 7.66. The lowest BCUT2D eigenvalue weighted by molar-refractivity contribution is -0.00220. The first-order valence-corrected chi connectivity index (χ1v) is 13.0. The number of fused-ring (bicyclic) bond motifs is 1. The van der Waals surface area contributed by atoms with Crippen LogP contribution in [0.15, 0.2) is 36.4 Å². The molecule has 0 bridgehead atoms. The van der Waals surface area contributed by atoms with Crippen molar-refractivity contribution >= 4 is 17.5 Å². The number of aromatic hydroxyl groups is 1. The summed E-state index contributed by atoms with van der Waals surface area (Å²) in [6.07, 6.45) is 2.61. The maximum atomic E-state index is 13.0. The summed E-state index contributed by atoms with van der Waals surface area (Å²) >= 11 is 6.14. The first kappa shape index (κ1) is 25.1. The second-order valence-electron chi connectivity index (χ2n) is 10.2. The third kappa shape index (κ3) is 5.42. The second kappa shape index (κ2) is 10.5. The van der Waals surface area contributed by atoms with E-state index in [1.54, 1.807) is 17.0 Å². The Morgan fingerprint density at radius 2 is 2.03 bits per heavy atom. The summed E-state index contributed by atoms with van der Waals surface area (Å²) in [4.78, 5) is 16.8. The number of phenols is 1. The molecule has 0 saturated carbocycles. The molecule has 9 heteroatoms. The standard InChI is InChI=1S/C27H33ClN2O6/c28-19-6-7-24-18(13-19)14-27(36-24)8-11-29(12-9-27)15-21(32)17-35-25-22(4-1-5-23(25)33)26(34)30-10-2-3-20(31)16-30/h1,4-7,13,20-21,31-33H,2-3,8-12,14-17H2/t20?,21-/m0/s1. The van der Waals surface area contributed by atoms with Crippen molar-refractivity contribution in [3.8, 4) is 17.2 Å². The number of β-amino-alcohol motifs (C(OH)–C–C–N with tert-alkyl or cyclic N) is 2. The number of amides is 1. The zero-order valence-corrected chi connectivity index (χ0v) is 21.0. The minimum atomic E-state index is -0.793. The van der Waals surface area contributed by atoms with E-state index in [9.17, 15) is 20.1 Å². The molecule has 3 heterocycles. The van der Waals surface area contributed by atoms with E-state index in [0.717, 1.165) is 55.1 Å². The van der Waals surface area contributed by atoms with Crippen LogP contribution in [0.1, 0.15) is 41.6 Å². The molecule has 2 atom stereocenters. The maximum absolute atomic E-state index is 13.0. The van der Waals surface area contributed by atoms with Crippen LogP contribution in [-0.4, -0.2) is 88.2 Å². The number of halogens is 1. The van der Waals surface area contributed by atoms with E-state index >= 15 is 0 Å². The van der Waals surface area contributed by atoms with Gasteiger partial charge in [-0.1, -0.05) is 17.7 Å². The number of hydrogen-bond donors (Lipinski definition) is 3. The monoisotopic (exact) mass is 516 g/mol. The van der Waals surface area contributed by atoms with Crippen LogP contribution in [0.5, 0.6) is 17.2 Å². The van der Waals surface area contributed by atoms with Crippen LogP contribution in [0, 0.1) is 0 Å². The van der Waals surface area contributed by atoms with Gasteiger partial charge in [-0.05, 0) is 48.7 Å². The number of piperidine rings is 2. The van der Waals surface area contributed by atoms with Crippen molar-refractivity contribution in [2.24, 2.45) is 0 Å². The molecule has 1 spiro atoms. The highest BCUT2D eigenvalue weighted by Crippen LogP contribution is 2.42. The predicted molar refractivity (Wildman–Crippen MR) is 135 cm³/mol. The summed E-state index contributed by atoms with van der Waals surface area (Å²) in [5, 5.41) is 31.7. The van der Waals surface area contributed by atoms with Crippen molar-refractivity contribution in [2.45, 2.75) is 49.9 Å². The van der Waals surface area contributed by atoms with E-state index in [0.29, 0.717) is 19.5 Å². The summed E-state index contributed by atoms with van der Waals surface area (Å²) in [5.74, 6) is 0.529. The van der Waals surface area contributed by atoms with Crippen LogP contribution in [-0.2, 0) is 6.42 Å². The Bertz CT molecular complexity index is 1100. The molecule has 2 fully saturated rings. The van der Waals surface area contributed by atoms with Gasteiger partial charge in [0.05, 0.1) is 11.7 Å². The van der Waals surface area contributed by atoms with Gasteiger partial charge in [-0.3, -0.25) is 4.79 Å². The average Bonchev–Trinajstić information content (AvgIpc) is 3.21. The number of aliphatic hydroxyl groups excluding tert-OH is 2. The molecule has 2 aromatic carbocycles. The quantitative estimate of drug-likeness (QED) is 0.542. The van der Waals surface area contributed by atoms with Crippen molar-refractivity contribution in [3.63, 3.8) is 0 Å². The Hall–Kier alpha value is -2.52. The minimum absolute atomic E-state index is 0.0530. The maximum Gasteiger partial charge on any atom is 0.257 e. The van der Waals surface area contributed by atoms with Gasteiger partial charge in [0, 0.05) is 57.0 Å². The normalized spacial score (nSPS) is 22.2. The fourth-order valence-corrected chi connectivity index (χ4v) is 5.70. The summed E-state index contributed by atoms with van der Waals surface area (Å²) in [6.45, 7) is 2.75. The molecule has 1 unspecified atom stereocenters. The summed E-state index contributed by atoms with van der Waals surface area (Å²) in [7, 11) is 0. The number of para-hydroxylation sites is 1. The van der Waals surface area contributed by atoms with E-state index < -0.39 is 12.2 Å². The number of ether oxygens (including phenoxy) is 2. The first-order valence-electron chi connectivity index (χ1n) is 12.6. The molecule has 0 radical (unpaired) electrons. The topological polar surface area (TPSA) is 103 Å². The predicted octanol–water partition coefficient (Wildman–Crippen LogP) is 2.85. The molecule has 0 aromatic heterocycles. The minimum Gasteiger partial charge on any atom is -0.504 e. The van der Waals surface area contributed by atoms with Gasteiger partial charge >= 0.3 is 0 Å².